The normalized spacial score (nSPS) is 20.4. The third-order valence-corrected chi connectivity index (χ3v) is 7.86. The predicted octanol–water partition coefficient (Wildman–Crippen LogP) is 2.40. The highest BCUT2D eigenvalue weighted by Gasteiger charge is 2.23. The molecule has 0 aliphatic carbocycles. The van der Waals surface area contributed by atoms with E-state index in [9.17, 15) is 4.79 Å². The van der Waals surface area contributed by atoms with E-state index in [-0.39, 0.29) is 18.1 Å². The summed E-state index contributed by atoms with van der Waals surface area (Å²) in [6.45, 7) is 10.2. The number of aryl methyl sites for hydroxylation is 1. The molecule has 2 atom stereocenters. The van der Waals surface area contributed by atoms with Crippen molar-refractivity contribution in [2.24, 2.45) is 17.8 Å². The molecule has 11 nitrogen and oxygen atoms in total. The molecular weight excluding hydrogens is 518 g/mol. The summed E-state index contributed by atoms with van der Waals surface area (Å²) in [5.41, 5.74) is 13.4. The molecule has 3 aromatic heterocycles. The summed E-state index contributed by atoms with van der Waals surface area (Å²) in [4.78, 5) is 19.5. The summed E-state index contributed by atoms with van der Waals surface area (Å²) in [6, 6.07) is 2.09. The van der Waals surface area contributed by atoms with Crippen molar-refractivity contribution >= 4 is 39.8 Å². The minimum atomic E-state index is -0.0953. The number of amides is 1. The van der Waals surface area contributed by atoms with E-state index in [4.69, 9.17) is 15.6 Å². The van der Waals surface area contributed by atoms with E-state index < -0.39 is 0 Å². The maximum Gasteiger partial charge on any atom is 0.252 e. The van der Waals surface area contributed by atoms with E-state index in [1.807, 2.05) is 23.0 Å². The molecule has 1 fully saturated rings. The van der Waals surface area contributed by atoms with E-state index in [2.05, 4.69) is 64.3 Å². The number of aromatic nitrogens is 3. The summed E-state index contributed by atoms with van der Waals surface area (Å²) in [5.74, 6) is -0.0953. The number of morpholine rings is 1. The number of aliphatic imine (C=N–C) groups is 1. The highest BCUT2D eigenvalue weighted by Crippen LogP contribution is 2.35. The van der Waals surface area contributed by atoms with Crippen molar-refractivity contribution in [3.8, 4) is 0 Å². The number of nitrogens with two attached hydrogens (primary N) is 1. The Morgan fingerprint density at radius 3 is 2.93 bits per heavy atom. The first-order valence-corrected chi connectivity index (χ1v) is 14.2. The Balaban J connectivity index is 1.40. The van der Waals surface area contributed by atoms with Gasteiger partial charge in [0.25, 0.3) is 5.91 Å². The number of anilines is 1. The molecule has 0 radical (unpaired) electrons. The van der Waals surface area contributed by atoms with Crippen LogP contribution < -0.4 is 21.7 Å². The van der Waals surface area contributed by atoms with Gasteiger partial charge in [-0.3, -0.25) is 14.7 Å². The Labute approximate surface area is 240 Å². The first-order chi connectivity index (χ1) is 19.8. The number of carbonyl (C=O) groups is 1. The van der Waals surface area contributed by atoms with Gasteiger partial charge in [-0.05, 0) is 32.4 Å². The van der Waals surface area contributed by atoms with E-state index in [1.54, 1.807) is 25.7 Å². The van der Waals surface area contributed by atoms with Crippen LogP contribution in [-0.2, 0) is 23.0 Å². The van der Waals surface area contributed by atoms with E-state index in [1.165, 1.54) is 0 Å². The second-order valence-electron chi connectivity index (χ2n) is 10.7. The average Bonchev–Trinajstić information content (AvgIpc) is 3.51. The molecule has 0 bridgehead atoms. The SMILES string of the molecule is CCc1c(NC2=CC(C(=O)NCCN3CCOC(C)C3)=CNC2C)c2cnn3cc(C(C=NC)=CN)cc3c2n1C. The van der Waals surface area contributed by atoms with Gasteiger partial charge >= 0.3 is 0 Å². The van der Waals surface area contributed by atoms with Crippen LogP contribution in [0.25, 0.3) is 22.0 Å². The lowest BCUT2D eigenvalue weighted by atomic mass is 10.1. The van der Waals surface area contributed by atoms with Crippen LogP contribution in [0.15, 0.2) is 53.2 Å². The first kappa shape index (κ1) is 28.4. The molecule has 1 amide bonds. The first-order valence-electron chi connectivity index (χ1n) is 14.2. The lowest BCUT2D eigenvalue weighted by molar-refractivity contribution is -0.117. The fraction of sp³-hybridized carbons (Fsp3) is 0.433. The van der Waals surface area contributed by atoms with Crippen LogP contribution in [0.4, 0.5) is 5.69 Å². The molecule has 2 aliphatic heterocycles. The number of fused-ring (bicyclic) bond motifs is 3. The van der Waals surface area contributed by atoms with Gasteiger partial charge in [0.1, 0.15) is 0 Å². The summed E-state index contributed by atoms with van der Waals surface area (Å²) >= 11 is 0. The second-order valence-corrected chi connectivity index (χ2v) is 10.7. The number of allylic oxidation sites excluding steroid dienone is 1. The molecule has 1 saturated heterocycles. The fourth-order valence-electron chi connectivity index (χ4n) is 5.68. The Bertz CT molecular complexity index is 1560. The second kappa shape index (κ2) is 12.2. The molecule has 11 heteroatoms. The molecule has 5 rings (SSSR count). The highest BCUT2D eigenvalue weighted by atomic mass is 16.5. The van der Waals surface area contributed by atoms with E-state index in [0.717, 1.165) is 77.3 Å². The van der Waals surface area contributed by atoms with Gasteiger partial charge in [0.15, 0.2) is 0 Å². The predicted molar refractivity (Wildman–Crippen MR) is 165 cm³/mol. The molecule has 5 N–H and O–H groups in total. The van der Waals surface area contributed by atoms with Crippen LogP contribution in [0.3, 0.4) is 0 Å². The van der Waals surface area contributed by atoms with Crippen molar-refractivity contribution in [1.82, 2.24) is 29.7 Å². The van der Waals surface area contributed by atoms with Gasteiger partial charge in [-0.15, -0.1) is 0 Å². The van der Waals surface area contributed by atoms with Crippen LogP contribution in [0.5, 0.6) is 0 Å². The van der Waals surface area contributed by atoms with Crippen molar-refractivity contribution in [3.05, 3.63) is 59.5 Å². The Morgan fingerprint density at radius 1 is 1.37 bits per heavy atom. The number of dihydropyridines is 1. The van der Waals surface area contributed by atoms with Crippen molar-refractivity contribution in [2.75, 3.05) is 45.2 Å². The Morgan fingerprint density at radius 2 is 2.20 bits per heavy atom. The number of ether oxygens (including phenoxy) is 1. The summed E-state index contributed by atoms with van der Waals surface area (Å²) in [7, 11) is 3.81. The molecule has 3 aromatic rings. The minimum absolute atomic E-state index is 0.00326. The van der Waals surface area contributed by atoms with Gasteiger partial charge in [0.2, 0.25) is 0 Å². The maximum atomic E-state index is 13.0. The molecule has 0 aromatic carbocycles. The topological polar surface area (TPSA) is 126 Å². The number of carbonyl (C=O) groups excluding carboxylic acids is 1. The third kappa shape index (κ3) is 5.73. The fourth-order valence-corrected chi connectivity index (χ4v) is 5.68. The van der Waals surface area contributed by atoms with Gasteiger partial charge in [0.05, 0.1) is 47.2 Å². The minimum Gasteiger partial charge on any atom is -0.404 e. The van der Waals surface area contributed by atoms with Crippen molar-refractivity contribution in [3.63, 3.8) is 0 Å². The number of nitrogens with one attached hydrogen (secondary N) is 3. The van der Waals surface area contributed by atoms with Gasteiger partial charge < -0.3 is 31.0 Å². The Hall–Kier alpha value is -4.09. The van der Waals surface area contributed by atoms with Crippen LogP contribution in [0, 0.1) is 0 Å². The zero-order chi connectivity index (χ0) is 29.1. The third-order valence-electron chi connectivity index (χ3n) is 7.86. The smallest absolute Gasteiger partial charge is 0.252 e. The van der Waals surface area contributed by atoms with Crippen molar-refractivity contribution in [2.45, 2.75) is 39.3 Å². The molecule has 0 spiro atoms. The van der Waals surface area contributed by atoms with Crippen LogP contribution in [0.1, 0.15) is 32.0 Å². The molecule has 0 saturated carbocycles. The standard InChI is InChI=1S/C30H41N9O2/c1-6-26-28(24-16-35-39-18-22(23(13-31)14-32-4)12-27(39)29(24)37(26)5)36-25-11-21(15-34-20(25)3)30(40)33-7-8-38-9-10-41-19(2)17-38/h11-16,18-20,34,36H,6-10,17,31H2,1-5H3,(H,33,40). The van der Waals surface area contributed by atoms with Crippen LogP contribution in [0.2, 0.25) is 0 Å². The Kier molecular flexibility index (Phi) is 8.46. The van der Waals surface area contributed by atoms with E-state index >= 15 is 0 Å². The molecule has 5 heterocycles. The molecule has 2 unspecified atom stereocenters. The molecule has 218 valence electrons. The lowest BCUT2D eigenvalue weighted by Gasteiger charge is -2.31. The molecule has 2 aliphatic rings. The quantitative estimate of drug-likeness (QED) is 0.297. The number of rotatable bonds is 9. The van der Waals surface area contributed by atoms with Crippen LogP contribution in [-0.4, -0.2) is 83.2 Å². The zero-order valence-corrected chi connectivity index (χ0v) is 24.6. The number of hydrogen-bond donors (Lipinski definition) is 4. The van der Waals surface area contributed by atoms with Gasteiger partial charge in [-0.25, -0.2) is 4.52 Å². The maximum absolute atomic E-state index is 13.0. The molecule has 41 heavy (non-hydrogen) atoms. The van der Waals surface area contributed by atoms with Crippen LogP contribution >= 0.6 is 0 Å². The molecular formula is C30H41N9O2. The lowest BCUT2D eigenvalue weighted by Crippen LogP contribution is -2.44. The number of nitrogens with zero attached hydrogens (tertiary/aromatic N) is 5. The highest BCUT2D eigenvalue weighted by molar-refractivity contribution is 6.11. The summed E-state index contributed by atoms with van der Waals surface area (Å²) in [5, 5.41) is 15.8. The van der Waals surface area contributed by atoms with Crippen molar-refractivity contribution in [1.29, 1.82) is 0 Å². The van der Waals surface area contributed by atoms with Gasteiger partial charge in [-0.1, -0.05) is 6.92 Å². The average molecular weight is 560 g/mol. The zero-order valence-electron chi connectivity index (χ0n) is 24.6. The van der Waals surface area contributed by atoms with E-state index in [0.29, 0.717) is 12.1 Å². The van der Waals surface area contributed by atoms with Gasteiger partial charge in [-0.2, -0.15) is 5.10 Å². The largest absolute Gasteiger partial charge is 0.404 e. The summed E-state index contributed by atoms with van der Waals surface area (Å²) in [6.07, 6.45) is 11.9. The van der Waals surface area contributed by atoms with Crippen molar-refractivity contribution < 1.29 is 9.53 Å². The summed E-state index contributed by atoms with van der Waals surface area (Å²) < 4.78 is 9.71. The monoisotopic (exact) mass is 559 g/mol. The van der Waals surface area contributed by atoms with Gasteiger partial charge in [0, 0.05) is 93.0 Å². The number of hydrogen-bond acceptors (Lipinski definition) is 8.